The van der Waals surface area contributed by atoms with Crippen LogP contribution in [-0.4, -0.2) is 37.7 Å². The Morgan fingerprint density at radius 3 is 2.75 bits per heavy atom. The molecule has 0 saturated carbocycles. The van der Waals surface area contributed by atoms with Crippen molar-refractivity contribution in [2.45, 2.75) is 44.8 Å². The van der Waals surface area contributed by atoms with Crippen LogP contribution in [0.2, 0.25) is 0 Å². The Morgan fingerprint density at radius 1 is 1.14 bits per heavy atom. The van der Waals surface area contributed by atoms with Crippen molar-refractivity contribution in [1.29, 1.82) is 0 Å². The maximum atomic E-state index is 13.1. The van der Waals surface area contributed by atoms with Gasteiger partial charge in [0, 0.05) is 13.0 Å². The van der Waals surface area contributed by atoms with E-state index in [2.05, 4.69) is 13.0 Å². The van der Waals surface area contributed by atoms with Gasteiger partial charge in [-0.05, 0) is 54.7 Å². The van der Waals surface area contributed by atoms with Crippen molar-refractivity contribution >= 4 is 5.91 Å². The van der Waals surface area contributed by atoms with E-state index in [1.54, 1.807) is 14.2 Å². The van der Waals surface area contributed by atoms with Gasteiger partial charge in [0.15, 0.2) is 11.5 Å². The Kier molecular flexibility index (Phi) is 5.16. The summed E-state index contributed by atoms with van der Waals surface area (Å²) in [6, 6.07) is 12.2. The first kappa shape index (κ1) is 18.7. The number of carbonyl (C=O) groups is 1. The highest BCUT2D eigenvalue weighted by Gasteiger charge is 2.30. The lowest BCUT2D eigenvalue weighted by atomic mass is 10.0. The summed E-state index contributed by atoms with van der Waals surface area (Å²) in [5.74, 6) is 2.53. The minimum atomic E-state index is 0.0880. The van der Waals surface area contributed by atoms with E-state index >= 15 is 0 Å². The van der Waals surface area contributed by atoms with Gasteiger partial charge in [-0.25, -0.2) is 0 Å². The molecule has 5 nitrogen and oxygen atoms in total. The number of fused-ring (bicyclic) bond motifs is 1. The fraction of sp³-hybridized carbons (Fsp3) is 0.435. The highest BCUT2D eigenvalue weighted by atomic mass is 16.5. The second-order valence-electron chi connectivity index (χ2n) is 7.61. The summed E-state index contributed by atoms with van der Waals surface area (Å²) < 4.78 is 16.5. The van der Waals surface area contributed by atoms with Crippen molar-refractivity contribution in [1.82, 2.24) is 4.90 Å². The molecule has 1 saturated heterocycles. The number of ether oxygens (including phenoxy) is 3. The molecule has 4 rings (SSSR count). The third-order valence-electron chi connectivity index (χ3n) is 5.68. The first-order chi connectivity index (χ1) is 13.6. The van der Waals surface area contributed by atoms with Gasteiger partial charge in [0.1, 0.15) is 11.9 Å². The van der Waals surface area contributed by atoms with Gasteiger partial charge in [0.05, 0.1) is 26.7 Å². The summed E-state index contributed by atoms with van der Waals surface area (Å²) in [6.07, 6.45) is 3.53. The molecule has 0 aliphatic carbocycles. The van der Waals surface area contributed by atoms with Crippen LogP contribution in [0.1, 0.15) is 42.5 Å². The van der Waals surface area contributed by atoms with Crippen LogP contribution < -0.4 is 14.2 Å². The van der Waals surface area contributed by atoms with Crippen LogP contribution in [0, 0.1) is 0 Å². The monoisotopic (exact) mass is 381 g/mol. The molecule has 1 amide bonds. The molecule has 1 fully saturated rings. The van der Waals surface area contributed by atoms with E-state index in [1.807, 2.05) is 35.2 Å². The average Bonchev–Trinajstić information content (AvgIpc) is 3.33. The summed E-state index contributed by atoms with van der Waals surface area (Å²) in [6.45, 7) is 2.87. The fourth-order valence-corrected chi connectivity index (χ4v) is 4.33. The van der Waals surface area contributed by atoms with Gasteiger partial charge in [0.2, 0.25) is 5.91 Å². The Balaban J connectivity index is 1.51. The molecule has 2 aromatic carbocycles. The number of benzene rings is 2. The minimum Gasteiger partial charge on any atom is -0.493 e. The Bertz CT molecular complexity index is 879. The number of amides is 1. The van der Waals surface area contributed by atoms with Crippen LogP contribution in [0.15, 0.2) is 36.4 Å². The number of rotatable bonds is 5. The van der Waals surface area contributed by atoms with E-state index < -0.39 is 0 Å². The van der Waals surface area contributed by atoms with E-state index in [1.165, 1.54) is 5.56 Å². The van der Waals surface area contributed by atoms with Crippen LogP contribution in [0.5, 0.6) is 17.2 Å². The number of methoxy groups -OCH3 is 2. The predicted molar refractivity (Wildman–Crippen MR) is 107 cm³/mol. The maximum Gasteiger partial charge on any atom is 0.227 e. The van der Waals surface area contributed by atoms with Crippen LogP contribution in [0.4, 0.5) is 0 Å². The van der Waals surface area contributed by atoms with Gasteiger partial charge in [-0.3, -0.25) is 4.79 Å². The summed E-state index contributed by atoms with van der Waals surface area (Å²) in [5.41, 5.74) is 3.36. The molecule has 0 bridgehead atoms. The normalized spacial score (nSPS) is 20.6. The molecule has 0 radical (unpaired) electrons. The lowest BCUT2D eigenvalue weighted by molar-refractivity contribution is -0.131. The van der Waals surface area contributed by atoms with Crippen LogP contribution in [0.3, 0.4) is 0 Å². The topological polar surface area (TPSA) is 48.0 Å². The van der Waals surface area contributed by atoms with Crippen molar-refractivity contribution in [2.75, 3.05) is 20.8 Å². The van der Waals surface area contributed by atoms with Gasteiger partial charge in [-0.2, -0.15) is 0 Å². The Labute approximate surface area is 166 Å². The van der Waals surface area contributed by atoms with E-state index in [0.717, 1.165) is 42.7 Å². The van der Waals surface area contributed by atoms with E-state index in [9.17, 15) is 4.79 Å². The Morgan fingerprint density at radius 2 is 1.96 bits per heavy atom. The lowest BCUT2D eigenvalue weighted by Gasteiger charge is -2.26. The van der Waals surface area contributed by atoms with E-state index in [-0.39, 0.29) is 18.1 Å². The molecule has 2 aliphatic rings. The molecule has 5 heteroatoms. The van der Waals surface area contributed by atoms with Gasteiger partial charge < -0.3 is 19.1 Å². The number of hydrogen-bond acceptors (Lipinski definition) is 4. The zero-order valence-electron chi connectivity index (χ0n) is 16.7. The average molecular weight is 381 g/mol. The molecule has 0 N–H and O–H groups in total. The van der Waals surface area contributed by atoms with Gasteiger partial charge in [-0.15, -0.1) is 0 Å². The maximum absolute atomic E-state index is 13.1. The summed E-state index contributed by atoms with van der Waals surface area (Å²) in [4.78, 5) is 15.1. The third kappa shape index (κ3) is 3.53. The largest absolute Gasteiger partial charge is 0.493 e. The molecule has 148 valence electrons. The SMILES string of the molecule is COc1ccc([C@H]2CCCN2C(=O)Cc2ccc3c(c2)C[C@@H](C)O3)cc1OC. The molecule has 2 heterocycles. The third-order valence-corrected chi connectivity index (χ3v) is 5.68. The Hall–Kier alpha value is -2.69. The summed E-state index contributed by atoms with van der Waals surface area (Å²) in [5, 5.41) is 0. The molecule has 0 aromatic heterocycles. The first-order valence-corrected chi connectivity index (χ1v) is 9.89. The minimum absolute atomic E-state index is 0.0880. The molecular weight excluding hydrogens is 354 g/mol. The highest BCUT2D eigenvalue weighted by molar-refractivity contribution is 5.79. The van der Waals surface area contributed by atoms with Gasteiger partial charge in [-0.1, -0.05) is 18.2 Å². The fourth-order valence-electron chi connectivity index (χ4n) is 4.33. The zero-order chi connectivity index (χ0) is 19.7. The van der Waals surface area contributed by atoms with Crippen molar-refractivity contribution in [3.05, 3.63) is 53.1 Å². The second kappa shape index (κ2) is 7.74. The second-order valence-corrected chi connectivity index (χ2v) is 7.61. The quantitative estimate of drug-likeness (QED) is 0.787. The highest BCUT2D eigenvalue weighted by Crippen LogP contribution is 2.37. The summed E-state index contributed by atoms with van der Waals surface area (Å²) >= 11 is 0. The predicted octanol–water partition coefficient (Wildman–Crippen LogP) is 3.93. The molecule has 2 atom stereocenters. The molecule has 2 aromatic rings. The molecular formula is C23H27NO4. The smallest absolute Gasteiger partial charge is 0.227 e. The standard InChI is InChI=1S/C23H27NO4/c1-15-11-18-12-16(6-8-20(18)28-15)13-23(25)24-10-4-5-19(24)17-7-9-21(26-2)22(14-17)27-3/h6-9,12,14-15,19H,4-5,10-11,13H2,1-3H3/t15-,19-/m1/s1. The molecule has 0 unspecified atom stereocenters. The van der Waals surface area contributed by atoms with Crippen LogP contribution >= 0.6 is 0 Å². The number of hydrogen-bond donors (Lipinski definition) is 0. The van der Waals surface area contributed by atoms with Crippen LogP contribution in [0.25, 0.3) is 0 Å². The zero-order valence-corrected chi connectivity index (χ0v) is 16.7. The van der Waals surface area contributed by atoms with Crippen LogP contribution in [-0.2, 0) is 17.6 Å². The molecule has 0 spiro atoms. The van der Waals surface area contributed by atoms with Crippen molar-refractivity contribution in [2.24, 2.45) is 0 Å². The van der Waals surface area contributed by atoms with Crippen molar-refractivity contribution in [3.8, 4) is 17.2 Å². The first-order valence-electron chi connectivity index (χ1n) is 9.89. The number of carbonyl (C=O) groups excluding carboxylic acids is 1. The van der Waals surface area contributed by atoms with Gasteiger partial charge in [0.25, 0.3) is 0 Å². The summed E-state index contributed by atoms with van der Waals surface area (Å²) in [7, 11) is 3.27. The lowest BCUT2D eigenvalue weighted by Crippen LogP contribution is -2.31. The number of nitrogens with zero attached hydrogens (tertiary/aromatic N) is 1. The number of likely N-dealkylation sites (tertiary alicyclic amines) is 1. The molecule has 2 aliphatic heterocycles. The van der Waals surface area contributed by atoms with Crippen molar-refractivity contribution in [3.63, 3.8) is 0 Å². The van der Waals surface area contributed by atoms with Gasteiger partial charge >= 0.3 is 0 Å². The van der Waals surface area contributed by atoms with E-state index in [0.29, 0.717) is 17.9 Å². The van der Waals surface area contributed by atoms with E-state index in [4.69, 9.17) is 14.2 Å². The van der Waals surface area contributed by atoms with Crippen molar-refractivity contribution < 1.29 is 19.0 Å². The molecule has 28 heavy (non-hydrogen) atoms.